The second kappa shape index (κ2) is 19.3. The molecule has 324 valence electrons. The molecule has 8 rings (SSSR count). The lowest BCUT2D eigenvalue weighted by atomic mass is 9.93. The lowest BCUT2D eigenvalue weighted by Crippen LogP contribution is -2.45. The van der Waals surface area contributed by atoms with Gasteiger partial charge in [0.1, 0.15) is 10.7 Å². The molecular formula is C50H50N4O6S3. The summed E-state index contributed by atoms with van der Waals surface area (Å²) in [5, 5.41) is 15.3. The fourth-order valence-corrected chi connectivity index (χ4v) is 11.1. The van der Waals surface area contributed by atoms with Crippen molar-refractivity contribution < 1.29 is 32.2 Å². The molecule has 1 amide bonds. The largest absolute Gasteiger partial charge is 0.748 e. The fraction of sp³-hybridized carbons (Fsp3) is 0.260. The minimum absolute atomic E-state index is 0.193. The van der Waals surface area contributed by atoms with Crippen LogP contribution in [0.4, 0.5) is 11.4 Å². The molecule has 1 atom stereocenters. The molecular weight excluding hydrogens is 849 g/mol. The highest BCUT2D eigenvalue weighted by Gasteiger charge is 2.32. The quantitative estimate of drug-likeness (QED) is 0.0554. The van der Waals surface area contributed by atoms with E-state index >= 15 is 0 Å². The SMILES string of the molecule is CCC(/C=C1\Sc2ccc(C)cc2N1CCCCNC(=O)c1cccc(N2Cc3ccccc3CC2C(=O)O)c1)=C\c1sc2ccc(-c3ccccc3)cc2[n+]1CCCS(=O)(=O)[O-]. The van der Waals surface area contributed by atoms with Gasteiger partial charge in [-0.05, 0) is 102 Å². The van der Waals surface area contributed by atoms with Crippen LogP contribution in [0.3, 0.4) is 0 Å². The number of carboxylic acid groups (broad SMARTS) is 1. The Morgan fingerprint density at radius 2 is 1.70 bits per heavy atom. The Kier molecular flexibility index (Phi) is 13.5. The number of carbonyl (C=O) groups excluding carboxylic acids is 1. The number of aryl methyl sites for hydroxylation is 2. The van der Waals surface area contributed by atoms with Crippen molar-refractivity contribution in [3.05, 3.63) is 159 Å². The van der Waals surface area contributed by atoms with Gasteiger partial charge in [0.25, 0.3) is 10.9 Å². The molecule has 5 aromatic carbocycles. The van der Waals surface area contributed by atoms with Crippen LogP contribution in [-0.2, 0) is 34.4 Å². The molecule has 13 heteroatoms. The summed E-state index contributed by atoms with van der Waals surface area (Å²) in [7, 11) is -4.35. The van der Waals surface area contributed by atoms with Gasteiger partial charge in [0.15, 0.2) is 6.54 Å². The molecule has 1 aromatic heterocycles. The second-order valence-corrected chi connectivity index (χ2v) is 19.7. The van der Waals surface area contributed by atoms with Gasteiger partial charge in [-0.1, -0.05) is 103 Å². The minimum Gasteiger partial charge on any atom is -0.748 e. The third-order valence-electron chi connectivity index (χ3n) is 11.6. The fourth-order valence-electron chi connectivity index (χ4n) is 8.30. The summed E-state index contributed by atoms with van der Waals surface area (Å²) >= 11 is 3.39. The number of carbonyl (C=O) groups is 2. The monoisotopic (exact) mass is 898 g/mol. The highest BCUT2D eigenvalue weighted by atomic mass is 32.2. The normalized spacial score (nSPS) is 15.8. The zero-order valence-electron chi connectivity index (χ0n) is 35.3. The van der Waals surface area contributed by atoms with Crippen molar-refractivity contribution in [2.75, 3.05) is 28.6 Å². The van der Waals surface area contributed by atoms with Crippen molar-refractivity contribution in [3.8, 4) is 11.1 Å². The van der Waals surface area contributed by atoms with Crippen LogP contribution in [0.2, 0.25) is 0 Å². The van der Waals surface area contributed by atoms with E-state index in [-0.39, 0.29) is 12.3 Å². The molecule has 3 heterocycles. The number of allylic oxidation sites excluding steroid dienone is 2. The van der Waals surface area contributed by atoms with Gasteiger partial charge in [0, 0.05) is 66.5 Å². The van der Waals surface area contributed by atoms with Gasteiger partial charge in [0.2, 0.25) is 5.52 Å². The molecule has 6 aromatic rings. The van der Waals surface area contributed by atoms with E-state index in [0.717, 1.165) is 79.6 Å². The molecule has 0 radical (unpaired) electrons. The van der Waals surface area contributed by atoms with Crippen molar-refractivity contribution in [2.45, 2.75) is 70.0 Å². The van der Waals surface area contributed by atoms with Crippen LogP contribution >= 0.6 is 23.1 Å². The number of amides is 1. The number of anilines is 2. The van der Waals surface area contributed by atoms with Gasteiger partial charge >= 0.3 is 5.97 Å². The minimum atomic E-state index is -4.35. The molecule has 2 aliphatic heterocycles. The van der Waals surface area contributed by atoms with E-state index in [2.05, 4.69) is 89.3 Å². The number of aliphatic carboxylic acids is 1. The number of thiazole rings is 1. The topological polar surface area (TPSA) is 134 Å². The molecule has 0 bridgehead atoms. The summed E-state index contributed by atoms with van der Waals surface area (Å²) in [5.74, 6) is -1.51. The van der Waals surface area contributed by atoms with Gasteiger partial charge in [0.05, 0.1) is 20.8 Å². The summed E-state index contributed by atoms with van der Waals surface area (Å²) in [5.41, 5.74) is 9.93. The molecule has 2 N–H and O–H groups in total. The Bertz CT molecular complexity index is 2840. The van der Waals surface area contributed by atoms with E-state index in [4.69, 9.17) is 0 Å². The number of fused-ring (bicyclic) bond motifs is 3. The number of rotatable bonds is 16. The van der Waals surface area contributed by atoms with E-state index in [1.807, 2.05) is 59.5 Å². The van der Waals surface area contributed by atoms with Crippen LogP contribution < -0.4 is 19.7 Å². The Morgan fingerprint density at radius 3 is 2.48 bits per heavy atom. The summed E-state index contributed by atoms with van der Waals surface area (Å²) in [6.07, 6.45) is 7.40. The Morgan fingerprint density at radius 1 is 0.905 bits per heavy atom. The first-order valence-corrected chi connectivity index (χ1v) is 24.5. The van der Waals surface area contributed by atoms with Crippen LogP contribution in [0.15, 0.2) is 137 Å². The maximum absolute atomic E-state index is 13.4. The summed E-state index contributed by atoms with van der Waals surface area (Å²) in [6, 6.07) is 37.5. The average Bonchev–Trinajstić information content (AvgIpc) is 3.80. The predicted molar refractivity (Wildman–Crippen MR) is 253 cm³/mol. The number of thioether (sulfide) groups is 1. The van der Waals surface area contributed by atoms with Crippen molar-refractivity contribution in [2.24, 2.45) is 0 Å². The lowest BCUT2D eigenvalue weighted by Gasteiger charge is -2.36. The van der Waals surface area contributed by atoms with Gasteiger partial charge in [-0.3, -0.25) is 4.79 Å². The Hall–Kier alpha value is -5.73. The summed E-state index contributed by atoms with van der Waals surface area (Å²) < 4.78 is 38.0. The van der Waals surface area contributed by atoms with Crippen LogP contribution in [0, 0.1) is 6.92 Å². The molecule has 0 saturated heterocycles. The van der Waals surface area contributed by atoms with Crippen molar-refractivity contribution in [3.63, 3.8) is 0 Å². The van der Waals surface area contributed by atoms with E-state index in [0.29, 0.717) is 37.3 Å². The molecule has 10 nitrogen and oxygen atoms in total. The first kappa shape index (κ1) is 43.9. The number of hydrogen-bond donors (Lipinski definition) is 2. The first-order valence-electron chi connectivity index (χ1n) is 21.3. The molecule has 63 heavy (non-hydrogen) atoms. The zero-order valence-corrected chi connectivity index (χ0v) is 37.8. The summed E-state index contributed by atoms with van der Waals surface area (Å²) in [4.78, 5) is 31.1. The lowest BCUT2D eigenvalue weighted by molar-refractivity contribution is -0.668. The van der Waals surface area contributed by atoms with Gasteiger partial charge in [-0.15, -0.1) is 0 Å². The van der Waals surface area contributed by atoms with Gasteiger partial charge in [-0.25, -0.2) is 13.2 Å². The Balaban J connectivity index is 0.974. The number of carboxylic acids is 1. The van der Waals surface area contributed by atoms with E-state index < -0.39 is 27.9 Å². The average molecular weight is 899 g/mol. The number of nitrogens with zero attached hydrogens (tertiary/aromatic N) is 3. The standard InChI is InChI=1S/C50H50N4O6S3/c1-3-35(29-48-53(25-12-26-63(58,59)60)43-31-38(20-22-46(43)62-48)36-13-5-4-6-14-36)28-47-52(42-27-34(2)19-21-45(42)61-47)24-10-9-23-51-49(55)39-17-11-18-41(30-39)54-33-40-16-8-7-15-37(40)32-44(54)50(56)57/h4-8,11,13-22,27-31,44H,3,9-10,12,23-26,32-33H2,1-2H3,(H2-,51,55,56,57,58,59,60). The van der Waals surface area contributed by atoms with Crippen molar-refractivity contribution in [1.29, 1.82) is 0 Å². The Labute approximate surface area is 377 Å². The predicted octanol–water partition coefficient (Wildman–Crippen LogP) is 9.57. The third-order valence-corrected chi connectivity index (χ3v) is 14.6. The number of unbranched alkanes of at least 4 members (excludes halogenated alkanes) is 1. The summed E-state index contributed by atoms with van der Waals surface area (Å²) in [6.45, 7) is 6.32. The zero-order chi connectivity index (χ0) is 44.1. The molecule has 0 aliphatic carbocycles. The molecule has 0 fully saturated rings. The van der Waals surface area contributed by atoms with Crippen LogP contribution in [0.1, 0.15) is 64.7 Å². The van der Waals surface area contributed by atoms with Crippen molar-refractivity contribution >= 4 is 72.8 Å². The van der Waals surface area contributed by atoms with Crippen molar-refractivity contribution in [1.82, 2.24) is 5.32 Å². The van der Waals surface area contributed by atoms with Gasteiger partial charge < -0.3 is 24.8 Å². The van der Waals surface area contributed by atoms with Crippen LogP contribution in [-0.4, -0.2) is 54.8 Å². The van der Waals surface area contributed by atoms with Crippen LogP contribution in [0.5, 0.6) is 0 Å². The third kappa shape index (κ3) is 10.4. The number of benzene rings is 5. The first-order chi connectivity index (χ1) is 30.4. The van der Waals surface area contributed by atoms with Gasteiger partial charge in [-0.2, -0.15) is 4.57 Å². The number of hydrogen-bond acceptors (Lipinski definition) is 9. The van der Waals surface area contributed by atoms with E-state index in [9.17, 15) is 27.7 Å². The maximum Gasteiger partial charge on any atom is 0.326 e. The van der Waals surface area contributed by atoms with Crippen LogP contribution in [0.25, 0.3) is 27.4 Å². The maximum atomic E-state index is 13.4. The molecule has 2 aliphatic rings. The molecule has 1 unspecified atom stereocenters. The highest BCUT2D eigenvalue weighted by molar-refractivity contribution is 8.03. The molecule has 0 saturated carbocycles. The second-order valence-electron chi connectivity index (χ2n) is 16.0. The molecule has 0 spiro atoms. The number of nitrogens with one attached hydrogen (secondary N) is 1. The number of aromatic nitrogens is 1. The smallest absolute Gasteiger partial charge is 0.326 e. The van der Waals surface area contributed by atoms with E-state index in [1.54, 1.807) is 35.2 Å². The highest BCUT2D eigenvalue weighted by Crippen LogP contribution is 2.47. The van der Waals surface area contributed by atoms with E-state index in [1.165, 1.54) is 10.5 Å².